The highest BCUT2D eigenvalue weighted by Gasteiger charge is 2.58. The third-order valence-corrected chi connectivity index (χ3v) is 9.19. The Hall–Kier alpha value is -2.16. The fourth-order valence-corrected chi connectivity index (χ4v) is 7.49. The first-order valence-electron chi connectivity index (χ1n) is 14.8. The third-order valence-electron chi connectivity index (χ3n) is 9.19. The number of fused-ring (bicyclic) bond motifs is 3. The van der Waals surface area contributed by atoms with Crippen molar-refractivity contribution in [3.8, 4) is 0 Å². The van der Waals surface area contributed by atoms with Gasteiger partial charge in [0.15, 0.2) is 0 Å². The predicted octanol–water partition coefficient (Wildman–Crippen LogP) is 5.28. The van der Waals surface area contributed by atoms with Gasteiger partial charge in [0.1, 0.15) is 18.1 Å². The van der Waals surface area contributed by atoms with Crippen LogP contribution < -0.4 is 0 Å². The van der Waals surface area contributed by atoms with Gasteiger partial charge in [-0.15, -0.1) is 0 Å². The van der Waals surface area contributed by atoms with Crippen LogP contribution in [-0.2, 0) is 20.9 Å². The molecular formula is C30H42BNO6. The van der Waals surface area contributed by atoms with Crippen molar-refractivity contribution in [1.29, 1.82) is 0 Å². The highest BCUT2D eigenvalue weighted by atomic mass is 16.5. The van der Waals surface area contributed by atoms with Gasteiger partial charge < -0.3 is 19.2 Å². The van der Waals surface area contributed by atoms with Crippen LogP contribution in [-0.4, -0.2) is 46.1 Å². The highest BCUT2D eigenvalue weighted by Crippen LogP contribution is 2.52. The number of carbonyl (C=O) groups is 2. The molecule has 5 rings (SSSR count). The van der Waals surface area contributed by atoms with Crippen molar-refractivity contribution in [2.24, 2.45) is 17.8 Å². The zero-order chi connectivity index (χ0) is 26.8. The summed E-state index contributed by atoms with van der Waals surface area (Å²) in [6.07, 6.45) is 12.2. The van der Waals surface area contributed by atoms with Gasteiger partial charge in [-0.25, -0.2) is 0 Å². The summed E-state index contributed by atoms with van der Waals surface area (Å²) in [6, 6.07) is 3.70. The van der Waals surface area contributed by atoms with E-state index in [0.29, 0.717) is 24.9 Å². The van der Waals surface area contributed by atoms with Gasteiger partial charge in [-0.1, -0.05) is 50.7 Å². The Bertz CT molecular complexity index is 1090. The largest absolute Gasteiger partial charge is 0.459 e. The fraction of sp³-hybridized carbons (Fsp3) is 0.667. The summed E-state index contributed by atoms with van der Waals surface area (Å²) < 4.78 is 11.8. The minimum atomic E-state index is -0.937. The Labute approximate surface area is 226 Å². The van der Waals surface area contributed by atoms with Crippen molar-refractivity contribution < 1.29 is 28.8 Å². The van der Waals surface area contributed by atoms with E-state index >= 15 is 0 Å². The molecule has 2 aliphatic heterocycles. The van der Waals surface area contributed by atoms with Crippen molar-refractivity contribution in [3.05, 3.63) is 40.4 Å². The number of aliphatic hydroxyl groups excluding tert-OH is 1. The molecule has 0 spiro atoms. The molecule has 4 aliphatic rings. The van der Waals surface area contributed by atoms with Crippen molar-refractivity contribution in [3.63, 3.8) is 0 Å². The smallest absolute Gasteiger partial charge is 0.455 e. The van der Waals surface area contributed by atoms with Gasteiger partial charge in [-0.3, -0.25) is 14.5 Å². The molecule has 1 saturated carbocycles. The molecule has 2 saturated heterocycles. The maximum absolute atomic E-state index is 13.8. The van der Waals surface area contributed by atoms with Crippen molar-refractivity contribution in [2.75, 3.05) is 0 Å². The van der Waals surface area contributed by atoms with E-state index in [4.69, 9.17) is 9.07 Å². The van der Waals surface area contributed by atoms with Gasteiger partial charge in [-0.05, 0) is 81.0 Å². The minimum Gasteiger partial charge on any atom is -0.459 e. The van der Waals surface area contributed by atoms with Gasteiger partial charge in [0.2, 0.25) is 11.8 Å². The van der Waals surface area contributed by atoms with Crippen LogP contribution in [0.5, 0.6) is 0 Å². The topological polar surface area (TPSA) is 100 Å². The zero-order valence-electron chi connectivity index (χ0n) is 22.9. The van der Waals surface area contributed by atoms with Crippen molar-refractivity contribution >= 4 is 25.0 Å². The van der Waals surface area contributed by atoms with Crippen molar-refractivity contribution in [1.82, 2.24) is 4.90 Å². The van der Waals surface area contributed by atoms with E-state index in [0.717, 1.165) is 57.1 Å². The predicted molar refractivity (Wildman–Crippen MR) is 146 cm³/mol. The number of nitrogens with zero attached hydrogens (tertiary/aromatic N) is 1. The maximum Gasteiger partial charge on any atom is 0.455 e. The summed E-state index contributed by atoms with van der Waals surface area (Å²) in [4.78, 5) is 29.0. The van der Waals surface area contributed by atoms with Crippen molar-refractivity contribution in [2.45, 2.75) is 110 Å². The summed E-state index contributed by atoms with van der Waals surface area (Å²) in [5.41, 5.74) is 3.64. The first kappa shape index (κ1) is 27.4. The molecule has 3 fully saturated rings. The van der Waals surface area contributed by atoms with Gasteiger partial charge in [0.25, 0.3) is 0 Å². The molecule has 4 atom stereocenters. The lowest BCUT2D eigenvalue weighted by atomic mass is 9.58. The number of hydrogen-bond donors (Lipinski definition) is 2. The van der Waals surface area contributed by atoms with Crippen LogP contribution >= 0.6 is 0 Å². The molecule has 8 heteroatoms. The molecule has 2 amide bonds. The Morgan fingerprint density at radius 3 is 2.58 bits per heavy atom. The summed E-state index contributed by atoms with van der Waals surface area (Å²) >= 11 is 0. The molecule has 38 heavy (non-hydrogen) atoms. The molecule has 2 N–H and O–H groups in total. The van der Waals surface area contributed by atoms with Crippen LogP contribution in [0.1, 0.15) is 96.0 Å². The molecule has 0 aromatic carbocycles. The van der Waals surface area contributed by atoms with E-state index in [2.05, 4.69) is 13.8 Å². The molecule has 0 unspecified atom stereocenters. The van der Waals surface area contributed by atoms with Crippen LogP contribution in [0.3, 0.4) is 0 Å². The second-order valence-corrected chi connectivity index (χ2v) is 11.6. The quantitative estimate of drug-likeness (QED) is 0.260. The molecule has 206 valence electrons. The Morgan fingerprint density at radius 1 is 1.11 bits per heavy atom. The van der Waals surface area contributed by atoms with Crippen LogP contribution in [0, 0.1) is 17.8 Å². The molecule has 0 bridgehead atoms. The molecule has 1 aromatic rings. The minimum absolute atomic E-state index is 0.0125. The average molecular weight is 523 g/mol. The first-order valence-corrected chi connectivity index (χ1v) is 14.8. The van der Waals surface area contributed by atoms with Crippen LogP contribution in [0.2, 0.25) is 6.32 Å². The molecule has 2 aliphatic carbocycles. The van der Waals surface area contributed by atoms with Crippen LogP contribution in [0.4, 0.5) is 0 Å². The fourth-order valence-electron chi connectivity index (χ4n) is 7.49. The molecule has 1 aromatic heterocycles. The lowest BCUT2D eigenvalue weighted by molar-refractivity contribution is -0.143. The molecule has 7 nitrogen and oxygen atoms in total. The zero-order valence-corrected chi connectivity index (χ0v) is 22.9. The number of amides is 2. The number of rotatable bonds is 9. The molecule has 0 radical (unpaired) electrons. The summed E-state index contributed by atoms with van der Waals surface area (Å²) in [5, 5.41) is 20.1. The number of aliphatic hydroxyl groups is 1. The standard InChI is InChI=1S/C30H42BNO6/c1-3-8-19(15-22-12-13-23(18-33)37-22)11-14-26-27-20(4-2)16-24-28(25(27)17-31(36)38-26)30(35)32(29(24)34)21-9-6-5-7-10-21/h12-13,15,21,24-26,28,33,36H,3-11,14,16-18H2,1-2H3/b19-15+/t24-,25+,26-,28-/m1/s1. The second kappa shape index (κ2) is 11.9. The number of allylic oxidation sites excluding steroid dienone is 2. The second-order valence-electron chi connectivity index (χ2n) is 11.6. The van der Waals surface area contributed by atoms with E-state index in [9.17, 15) is 19.7 Å². The highest BCUT2D eigenvalue weighted by molar-refractivity contribution is 6.43. The molecule has 3 heterocycles. The summed E-state index contributed by atoms with van der Waals surface area (Å²) in [6.45, 7) is 4.15. The number of likely N-dealkylation sites (tertiary alicyclic amines) is 1. The maximum atomic E-state index is 13.8. The van der Waals surface area contributed by atoms with E-state index in [1.165, 1.54) is 23.1 Å². The Morgan fingerprint density at radius 2 is 1.89 bits per heavy atom. The Kier molecular flexibility index (Phi) is 8.61. The van der Waals surface area contributed by atoms with E-state index < -0.39 is 7.12 Å². The number of hydrogen-bond acceptors (Lipinski definition) is 6. The number of imide groups is 1. The van der Waals surface area contributed by atoms with Gasteiger partial charge in [0, 0.05) is 6.04 Å². The molecular weight excluding hydrogens is 481 g/mol. The lowest BCUT2D eigenvalue weighted by Gasteiger charge is -2.43. The monoisotopic (exact) mass is 523 g/mol. The average Bonchev–Trinajstić information content (AvgIpc) is 3.48. The lowest BCUT2D eigenvalue weighted by Crippen LogP contribution is -2.46. The SMILES string of the molecule is CCC/C(=C\c1ccc(CO)o1)CC[C@H]1OB(O)C[C@H]2C1=C(CC)C[C@H]1C(=O)N(C3CCCCC3)C(=O)[C@H]12. The third kappa shape index (κ3) is 5.32. The van der Waals surface area contributed by atoms with Crippen LogP contribution in [0.25, 0.3) is 6.08 Å². The van der Waals surface area contributed by atoms with Crippen LogP contribution in [0.15, 0.2) is 33.3 Å². The van der Waals surface area contributed by atoms with E-state index in [1.807, 2.05) is 12.1 Å². The number of furan rings is 1. The summed E-state index contributed by atoms with van der Waals surface area (Å²) in [7, 11) is -0.937. The normalized spacial score (nSPS) is 28.8. The van der Waals surface area contributed by atoms with E-state index in [-0.39, 0.29) is 48.3 Å². The van der Waals surface area contributed by atoms with E-state index in [1.54, 1.807) is 11.0 Å². The van der Waals surface area contributed by atoms with Gasteiger partial charge in [-0.2, -0.15) is 0 Å². The van der Waals surface area contributed by atoms with Gasteiger partial charge in [0.05, 0.1) is 17.9 Å². The first-order chi connectivity index (χ1) is 18.4. The number of carbonyl (C=O) groups excluding carboxylic acids is 2. The summed E-state index contributed by atoms with van der Waals surface area (Å²) in [5.74, 6) is 0.465. The Balaban J connectivity index is 1.38. The van der Waals surface area contributed by atoms with Gasteiger partial charge >= 0.3 is 7.12 Å².